The number of benzene rings is 1. The zero-order valence-corrected chi connectivity index (χ0v) is 11.8. The topological polar surface area (TPSA) is 57.6 Å². The molecule has 1 fully saturated rings. The van der Waals surface area contributed by atoms with Crippen LogP contribution in [0.5, 0.6) is 0 Å². The highest BCUT2D eigenvalue weighted by Crippen LogP contribution is 2.31. The number of aliphatic carboxylic acids is 1. The van der Waals surface area contributed by atoms with E-state index >= 15 is 0 Å². The SMILES string of the molecule is C[C@@]1(C(=O)O)CCN(C(=O)c2cc(Cl)cc(Cl)c2)C1. The van der Waals surface area contributed by atoms with E-state index < -0.39 is 11.4 Å². The van der Waals surface area contributed by atoms with Crippen molar-refractivity contribution in [1.82, 2.24) is 4.90 Å². The zero-order valence-electron chi connectivity index (χ0n) is 10.3. The van der Waals surface area contributed by atoms with E-state index in [1.165, 1.54) is 17.0 Å². The summed E-state index contributed by atoms with van der Waals surface area (Å²) in [6, 6.07) is 4.61. The molecule has 0 unspecified atom stereocenters. The number of hydrogen-bond acceptors (Lipinski definition) is 2. The Morgan fingerprint density at radius 2 is 1.84 bits per heavy atom. The molecule has 1 N–H and O–H groups in total. The first kappa shape index (κ1) is 14.2. The van der Waals surface area contributed by atoms with Crippen molar-refractivity contribution in [2.75, 3.05) is 13.1 Å². The van der Waals surface area contributed by atoms with Gasteiger partial charge in [-0.3, -0.25) is 9.59 Å². The quantitative estimate of drug-likeness (QED) is 0.914. The van der Waals surface area contributed by atoms with Gasteiger partial charge in [0.15, 0.2) is 0 Å². The zero-order chi connectivity index (χ0) is 14.2. The van der Waals surface area contributed by atoms with Gasteiger partial charge in [-0.2, -0.15) is 0 Å². The van der Waals surface area contributed by atoms with Crippen LogP contribution in [0.2, 0.25) is 10.0 Å². The smallest absolute Gasteiger partial charge is 0.311 e. The summed E-state index contributed by atoms with van der Waals surface area (Å²) in [5.74, 6) is -1.12. The van der Waals surface area contributed by atoms with Crippen LogP contribution in [0, 0.1) is 5.41 Å². The number of likely N-dealkylation sites (tertiary alicyclic amines) is 1. The van der Waals surface area contributed by atoms with Gasteiger partial charge in [-0.15, -0.1) is 0 Å². The van der Waals surface area contributed by atoms with Gasteiger partial charge >= 0.3 is 5.97 Å². The van der Waals surface area contributed by atoms with Crippen molar-refractivity contribution in [3.63, 3.8) is 0 Å². The third-order valence-electron chi connectivity index (χ3n) is 3.39. The summed E-state index contributed by atoms with van der Waals surface area (Å²) in [6.07, 6.45) is 0.447. The minimum atomic E-state index is -0.882. The first-order valence-electron chi connectivity index (χ1n) is 5.81. The largest absolute Gasteiger partial charge is 0.481 e. The number of carbonyl (C=O) groups is 2. The van der Waals surface area contributed by atoms with Crippen LogP contribution in [0.3, 0.4) is 0 Å². The van der Waals surface area contributed by atoms with Crippen molar-refractivity contribution < 1.29 is 14.7 Å². The van der Waals surface area contributed by atoms with E-state index in [-0.39, 0.29) is 12.5 Å². The second-order valence-electron chi connectivity index (χ2n) is 5.00. The van der Waals surface area contributed by atoms with E-state index in [9.17, 15) is 9.59 Å². The molecule has 1 saturated heterocycles. The van der Waals surface area contributed by atoms with Gasteiger partial charge in [0.2, 0.25) is 0 Å². The molecule has 6 heteroatoms. The lowest BCUT2D eigenvalue weighted by Crippen LogP contribution is -2.34. The predicted octanol–water partition coefficient (Wildman–Crippen LogP) is 2.93. The Balaban J connectivity index is 2.20. The van der Waals surface area contributed by atoms with Gasteiger partial charge in [-0.25, -0.2) is 0 Å². The number of rotatable bonds is 2. The van der Waals surface area contributed by atoms with Gasteiger partial charge in [0, 0.05) is 28.7 Å². The molecule has 102 valence electrons. The Morgan fingerprint density at radius 1 is 1.26 bits per heavy atom. The van der Waals surface area contributed by atoms with Crippen LogP contribution in [-0.4, -0.2) is 35.0 Å². The molecule has 0 bridgehead atoms. The third-order valence-corrected chi connectivity index (χ3v) is 3.82. The second kappa shape index (κ2) is 5.02. The fourth-order valence-corrected chi connectivity index (χ4v) is 2.69. The van der Waals surface area contributed by atoms with Crippen LogP contribution < -0.4 is 0 Å². The van der Waals surface area contributed by atoms with E-state index in [4.69, 9.17) is 28.3 Å². The lowest BCUT2D eigenvalue weighted by Gasteiger charge is -2.20. The Bertz CT molecular complexity index is 526. The van der Waals surface area contributed by atoms with Crippen molar-refractivity contribution in [3.05, 3.63) is 33.8 Å². The Hall–Kier alpha value is -1.26. The first-order valence-corrected chi connectivity index (χ1v) is 6.56. The highest BCUT2D eigenvalue weighted by atomic mass is 35.5. The Morgan fingerprint density at radius 3 is 2.32 bits per heavy atom. The average Bonchev–Trinajstić information content (AvgIpc) is 2.71. The van der Waals surface area contributed by atoms with Gasteiger partial charge in [-0.1, -0.05) is 23.2 Å². The summed E-state index contributed by atoms with van der Waals surface area (Å²) in [7, 11) is 0. The van der Waals surface area contributed by atoms with Gasteiger partial charge in [0.25, 0.3) is 5.91 Å². The molecular formula is C13H13Cl2NO3. The van der Waals surface area contributed by atoms with Crippen LogP contribution in [0.4, 0.5) is 0 Å². The van der Waals surface area contributed by atoms with E-state index in [1.54, 1.807) is 13.0 Å². The van der Waals surface area contributed by atoms with Crippen LogP contribution in [0.25, 0.3) is 0 Å². The summed E-state index contributed by atoms with van der Waals surface area (Å²) in [4.78, 5) is 25.0. The Kier molecular flexibility index (Phi) is 3.74. The molecule has 1 amide bonds. The minimum absolute atomic E-state index is 0.200. The van der Waals surface area contributed by atoms with Crippen molar-refractivity contribution >= 4 is 35.1 Å². The number of halogens is 2. The number of carboxylic acids is 1. The third kappa shape index (κ3) is 2.85. The van der Waals surface area contributed by atoms with E-state index in [0.29, 0.717) is 28.6 Å². The summed E-state index contributed by atoms with van der Waals surface area (Å²) < 4.78 is 0. The lowest BCUT2D eigenvalue weighted by atomic mass is 9.90. The molecule has 1 heterocycles. The molecule has 2 rings (SSSR count). The molecule has 1 aromatic carbocycles. The monoisotopic (exact) mass is 301 g/mol. The van der Waals surface area contributed by atoms with Crippen LogP contribution in [0.1, 0.15) is 23.7 Å². The standard InChI is InChI=1S/C13H13Cl2NO3/c1-13(12(18)19)2-3-16(7-13)11(17)8-4-9(14)6-10(15)5-8/h4-6H,2-3,7H2,1H3,(H,18,19)/t13-/m1/s1. The number of carboxylic acid groups (broad SMARTS) is 1. The molecule has 0 aromatic heterocycles. The molecule has 1 aliphatic heterocycles. The highest BCUT2D eigenvalue weighted by Gasteiger charge is 2.42. The van der Waals surface area contributed by atoms with Gasteiger partial charge < -0.3 is 10.0 Å². The summed E-state index contributed by atoms with van der Waals surface area (Å²) in [5.41, 5.74) is -0.495. The molecule has 1 aromatic rings. The van der Waals surface area contributed by atoms with Crippen LogP contribution in [-0.2, 0) is 4.79 Å². The molecule has 0 saturated carbocycles. The highest BCUT2D eigenvalue weighted by molar-refractivity contribution is 6.35. The fraction of sp³-hybridized carbons (Fsp3) is 0.385. The number of carbonyl (C=O) groups excluding carboxylic acids is 1. The molecular weight excluding hydrogens is 289 g/mol. The molecule has 19 heavy (non-hydrogen) atoms. The number of amides is 1. The number of nitrogens with zero attached hydrogens (tertiary/aromatic N) is 1. The maximum Gasteiger partial charge on any atom is 0.311 e. The van der Waals surface area contributed by atoms with Crippen LogP contribution in [0.15, 0.2) is 18.2 Å². The molecule has 1 atom stereocenters. The normalized spacial score (nSPS) is 22.6. The Labute approximate surface area is 120 Å². The van der Waals surface area contributed by atoms with Crippen LogP contribution >= 0.6 is 23.2 Å². The van der Waals surface area contributed by atoms with Crippen molar-refractivity contribution in [3.8, 4) is 0 Å². The van der Waals surface area contributed by atoms with Crippen molar-refractivity contribution in [2.45, 2.75) is 13.3 Å². The maximum atomic E-state index is 12.3. The van der Waals surface area contributed by atoms with Gasteiger partial charge in [0.05, 0.1) is 5.41 Å². The molecule has 0 radical (unpaired) electrons. The van der Waals surface area contributed by atoms with E-state index in [1.807, 2.05) is 0 Å². The lowest BCUT2D eigenvalue weighted by molar-refractivity contribution is -0.147. The van der Waals surface area contributed by atoms with Gasteiger partial charge in [0.1, 0.15) is 0 Å². The molecule has 0 spiro atoms. The minimum Gasteiger partial charge on any atom is -0.481 e. The fourth-order valence-electron chi connectivity index (χ4n) is 2.17. The summed E-state index contributed by atoms with van der Waals surface area (Å²) in [5, 5.41) is 9.92. The molecule has 0 aliphatic carbocycles. The van der Waals surface area contributed by atoms with E-state index in [0.717, 1.165) is 0 Å². The van der Waals surface area contributed by atoms with Crippen molar-refractivity contribution in [2.24, 2.45) is 5.41 Å². The molecule has 4 nitrogen and oxygen atoms in total. The van der Waals surface area contributed by atoms with E-state index in [2.05, 4.69) is 0 Å². The first-order chi connectivity index (χ1) is 8.82. The second-order valence-corrected chi connectivity index (χ2v) is 5.87. The van der Waals surface area contributed by atoms with Gasteiger partial charge in [-0.05, 0) is 31.5 Å². The summed E-state index contributed by atoms with van der Waals surface area (Å²) >= 11 is 11.7. The average molecular weight is 302 g/mol. The van der Waals surface area contributed by atoms with Crippen molar-refractivity contribution in [1.29, 1.82) is 0 Å². The summed E-state index contributed by atoms with van der Waals surface area (Å²) in [6.45, 7) is 2.27. The number of hydrogen-bond donors (Lipinski definition) is 1. The maximum absolute atomic E-state index is 12.3. The predicted molar refractivity (Wildman–Crippen MR) is 72.7 cm³/mol. The molecule has 1 aliphatic rings.